The van der Waals surface area contributed by atoms with Gasteiger partial charge in [0.05, 0.1) is 32.4 Å². The van der Waals surface area contributed by atoms with Crippen molar-refractivity contribution in [1.29, 1.82) is 0 Å². The van der Waals surface area contributed by atoms with Crippen molar-refractivity contribution >= 4 is 18.2 Å². The summed E-state index contributed by atoms with van der Waals surface area (Å²) in [6, 6.07) is 23.9. The maximum atomic E-state index is 12.5. The van der Waals surface area contributed by atoms with E-state index >= 15 is 0 Å². The lowest BCUT2D eigenvalue weighted by atomic mass is 10.0. The zero-order valence-corrected chi connectivity index (χ0v) is 19.8. The minimum atomic E-state index is -0.584. The number of hydrazone groups is 1. The predicted octanol–water partition coefficient (Wildman–Crippen LogP) is 4.60. The average Bonchev–Trinajstić information content (AvgIpc) is 2.88. The number of amides is 2. The molecular formula is C27H29N3O5. The fourth-order valence-corrected chi connectivity index (χ4v) is 3.28. The molecule has 0 aliphatic carbocycles. The summed E-state index contributed by atoms with van der Waals surface area (Å²) < 4.78 is 16.3. The Bertz CT molecular complexity index is 1120. The van der Waals surface area contributed by atoms with Gasteiger partial charge in [-0.1, -0.05) is 60.7 Å². The Morgan fingerprint density at radius 2 is 1.69 bits per heavy atom. The highest BCUT2D eigenvalue weighted by Gasteiger charge is 2.18. The van der Waals surface area contributed by atoms with Gasteiger partial charge < -0.3 is 19.5 Å². The van der Waals surface area contributed by atoms with Gasteiger partial charge in [0, 0.05) is 0 Å². The highest BCUT2D eigenvalue weighted by molar-refractivity contribution is 5.83. The molecule has 0 saturated carbocycles. The molecule has 2 N–H and O–H groups in total. The van der Waals surface area contributed by atoms with Crippen LogP contribution >= 0.6 is 0 Å². The number of methoxy groups -OCH3 is 1. The second kappa shape index (κ2) is 13.4. The summed E-state index contributed by atoms with van der Waals surface area (Å²) in [6.45, 7) is 2.38. The topological polar surface area (TPSA) is 98.2 Å². The first-order valence-corrected chi connectivity index (χ1v) is 11.2. The van der Waals surface area contributed by atoms with E-state index in [-0.39, 0.29) is 18.9 Å². The third-order valence-corrected chi connectivity index (χ3v) is 4.99. The Hall–Kier alpha value is -4.33. The molecule has 1 atom stereocenters. The molecular weight excluding hydrogens is 446 g/mol. The quantitative estimate of drug-likeness (QED) is 0.312. The molecule has 3 aromatic rings. The number of rotatable bonds is 11. The first-order chi connectivity index (χ1) is 17.1. The van der Waals surface area contributed by atoms with E-state index in [1.807, 2.05) is 66.7 Å². The lowest BCUT2D eigenvalue weighted by molar-refractivity contribution is -0.121. The van der Waals surface area contributed by atoms with Crippen LogP contribution in [0.3, 0.4) is 0 Å². The van der Waals surface area contributed by atoms with Crippen molar-refractivity contribution in [3.05, 3.63) is 95.6 Å². The maximum absolute atomic E-state index is 12.5. The number of hydrogen-bond donors (Lipinski definition) is 2. The van der Waals surface area contributed by atoms with Crippen molar-refractivity contribution in [2.45, 2.75) is 26.0 Å². The van der Waals surface area contributed by atoms with Crippen LogP contribution in [0, 0.1) is 0 Å². The van der Waals surface area contributed by atoms with Crippen molar-refractivity contribution in [3.8, 4) is 11.5 Å². The van der Waals surface area contributed by atoms with Crippen LogP contribution in [0.2, 0.25) is 0 Å². The Kier molecular flexibility index (Phi) is 9.68. The normalized spacial score (nSPS) is 11.5. The van der Waals surface area contributed by atoms with Gasteiger partial charge in [-0.25, -0.2) is 10.2 Å². The first-order valence-electron chi connectivity index (χ1n) is 11.2. The van der Waals surface area contributed by atoms with Crippen molar-refractivity contribution in [2.75, 3.05) is 13.7 Å². The van der Waals surface area contributed by atoms with E-state index in [4.69, 9.17) is 14.2 Å². The molecule has 0 fully saturated rings. The van der Waals surface area contributed by atoms with Gasteiger partial charge in [-0.2, -0.15) is 5.10 Å². The van der Waals surface area contributed by atoms with E-state index in [1.165, 1.54) is 6.21 Å². The standard InChI is InChI=1S/C27H29N3O5/c1-3-34-27(32)29-23(22-12-8-5-9-13-22)17-26(31)30-28-18-21-14-15-24(25(16-21)33-2)35-19-20-10-6-4-7-11-20/h4-16,18,23H,3,17,19H2,1-2H3,(H,29,32)(H,30,31)/b28-18-/t23-/m1/s1. The molecule has 3 aromatic carbocycles. The van der Waals surface area contributed by atoms with Crippen LogP contribution in [0.4, 0.5) is 4.79 Å². The number of benzene rings is 3. The summed E-state index contributed by atoms with van der Waals surface area (Å²) in [5, 5.41) is 6.75. The van der Waals surface area contributed by atoms with Crippen LogP contribution in [-0.2, 0) is 16.1 Å². The van der Waals surface area contributed by atoms with Gasteiger partial charge in [-0.3, -0.25) is 4.79 Å². The lowest BCUT2D eigenvalue weighted by Crippen LogP contribution is -2.33. The second-order valence-corrected chi connectivity index (χ2v) is 7.51. The summed E-state index contributed by atoms with van der Waals surface area (Å²) in [4.78, 5) is 24.4. The molecule has 0 aliphatic heterocycles. The van der Waals surface area contributed by atoms with Gasteiger partial charge in [-0.05, 0) is 41.8 Å². The summed E-state index contributed by atoms with van der Waals surface area (Å²) in [5.41, 5.74) is 5.06. The summed E-state index contributed by atoms with van der Waals surface area (Å²) >= 11 is 0. The smallest absolute Gasteiger partial charge is 0.407 e. The molecule has 0 heterocycles. The molecule has 0 unspecified atom stereocenters. The zero-order chi connectivity index (χ0) is 24.9. The summed E-state index contributed by atoms with van der Waals surface area (Å²) in [6.07, 6.45) is 0.923. The van der Waals surface area contributed by atoms with Crippen LogP contribution in [0.25, 0.3) is 0 Å². The average molecular weight is 476 g/mol. The van der Waals surface area contributed by atoms with Crippen LogP contribution in [0.1, 0.15) is 36.1 Å². The number of alkyl carbamates (subject to hydrolysis) is 1. The van der Waals surface area contributed by atoms with Gasteiger partial charge in [0.2, 0.25) is 5.91 Å². The van der Waals surface area contributed by atoms with Gasteiger partial charge >= 0.3 is 6.09 Å². The van der Waals surface area contributed by atoms with E-state index in [1.54, 1.807) is 26.2 Å². The molecule has 182 valence electrons. The van der Waals surface area contributed by atoms with E-state index < -0.39 is 12.1 Å². The third-order valence-electron chi connectivity index (χ3n) is 4.99. The number of carbonyl (C=O) groups excluding carboxylic acids is 2. The van der Waals surface area contributed by atoms with Crippen molar-refractivity contribution in [2.24, 2.45) is 5.10 Å². The largest absolute Gasteiger partial charge is 0.493 e. The van der Waals surface area contributed by atoms with Crippen molar-refractivity contribution < 1.29 is 23.8 Å². The van der Waals surface area contributed by atoms with Crippen LogP contribution < -0.4 is 20.2 Å². The van der Waals surface area contributed by atoms with Gasteiger partial charge in [-0.15, -0.1) is 0 Å². The fraction of sp³-hybridized carbons (Fsp3) is 0.222. The van der Waals surface area contributed by atoms with Crippen molar-refractivity contribution in [1.82, 2.24) is 10.7 Å². The fourth-order valence-electron chi connectivity index (χ4n) is 3.28. The molecule has 0 spiro atoms. The minimum Gasteiger partial charge on any atom is -0.493 e. The summed E-state index contributed by atoms with van der Waals surface area (Å²) in [5.74, 6) is 0.800. The number of nitrogens with one attached hydrogen (secondary N) is 2. The number of nitrogens with zero attached hydrogens (tertiary/aromatic N) is 1. The highest BCUT2D eigenvalue weighted by atomic mass is 16.5. The molecule has 0 radical (unpaired) electrons. The van der Waals surface area contributed by atoms with Gasteiger partial charge in [0.1, 0.15) is 6.61 Å². The van der Waals surface area contributed by atoms with E-state index in [0.29, 0.717) is 18.1 Å². The number of carbonyl (C=O) groups is 2. The van der Waals surface area contributed by atoms with E-state index in [9.17, 15) is 9.59 Å². The molecule has 8 heteroatoms. The Morgan fingerprint density at radius 3 is 2.37 bits per heavy atom. The second-order valence-electron chi connectivity index (χ2n) is 7.51. The van der Waals surface area contributed by atoms with Gasteiger partial charge in [0.25, 0.3) is 0 Å². The van der Waals surface area contributed by atoms with Gasteiger partial charge in [0.15, 0.2) is 11.5 Å². The molecule has 2 amide bonds. The maximum Gasteiger partial charge on any atom is 0.407 e. The molecule has 0 bridgehead atoms. The number of hydrogen-bond acceptors (Lipinski definition) is 6. The molecule has 8 nitrogen and oxygen atoms in total. The predicted molar refractivity (Wildman–Crippen MR) is 133 cm³/mol. The summed E-state index contributed by atoms with van der Waals surface area (Å²) in [7, 11) is 1.56. The third kappa shape index (κ3) is 8.19. The molecule has 0 aliphatic rings. The molecule has 0 saturated heterocycles. The highest BCUT2D eigenvalue weighted by Crippen LogP contribution is 2.28. The first kappa shape index (κ1) is 25.3. The Labute approximate surface area is 204 Å². The van der Waals surface area contributed by atoms with E-state index in [2.05, 4.69) is 15.8 Å². The van der Waals surface area contributed by atoms with E-state index in [0.717, 1.165) is 16.7 Å². The molecule has 35 heavy (non-hydrogen) atoms. The molecule has 0 aromatic heterocycles. The van der Waals surface area contributed by atoms with Crippen LogP contribution in [0.5, 0.6) is 11.5 Å². The van der Waals surface area contributed by atoms with Crippen LogP contribution in [0.15, 0.2) is 84.0 Å². The minimum absolute atomic E-state index is 0.00421. The monoisotopic (exact) mass is 475 g/mol. The van der Waals surface area contributed by atoms with Crippen molar-refractivity contribution in [3.63, 3.8) is 0 Å². The van der Waals surface area contributed by atoms with Crippen LogP contribution in [-0.4, -0.2) is 31.9 Å². The molecule has 3 rings (SSSR count). The lowest BCUT2D eigenvalue weighted by Gasteiger charge is -2.18. The zero-order valence-electron chi connectivity index (χ0n) is 19.8. The number of ether oxygens (including phenoxy) is 3. The Morgan fingerprint density at radius 1 is 0.971 bits per heavy atom. The SMILES string of the molecule is CCOC(=O)N[C@H](CC(=O)N/N=C\c1ccc(OCc2ccccc2)c(OC)c1)c1ccccc1. The Balaban J connectivity index is 1.58.